The lowest BCUT2D eigenvalue weighted by Crippen LogP contribution is -2.14. The van der Waals surface area contributed by atoms with Crippen LogP contribution in [0, 0.1) is 0 Å². The van der Waals surface area contributed by atoms with E-state index in [0.29, 0.717) is 16.2 Å². The summed E-state index contributed by atoms with van der Waals surface area (Å²) in [5.41, 5.74) is 0.632. The predicted octanol–water partition coefficient (Wildman–Crippen LogP) is 3.15. The van der Waals surface area contributed by atoms with Crippen LogP contribution in [-0.4, -0.2) is 25.2 Å². The third-order valence-electron chi connectivity index (χ3n) is 1.47. The monoisotopic (exact) mass is 286 g/mol. The first kappa shape index (κ1) is 19.5. The Balaban J connectivity index is 0. The quantitative estimate of drug-likeness (QED) is 0.326. The molecule has 0 amide bonds. The first-order chi connectivity index (χ1) is 8.72. The summed E-state index contributed by atoms with van der Waals surface area (Å²) >= 11 is 5.15. The Morgan fingerprint density at radius 2 is 1.26 bits per heavy atom. The largest absolute Gasteiger partial charge is 0.459 e. The van der Waals surface area contributed by atoms with E-state index in [1.165, 1.54) is 6.08 Å². The molecule has 0 rings (SSSR count). The second-order valence-electron chi connectivity index (χ2n) is 3.48. The van der Waals surface area contributed by atoms with Gasteiger partial charge in [0.15, 0.2) is 0 Å². The normalized spacial score (nSPS) is 8.37. The van der Waals surface area contributed by atoms with Crippen LogP contribution in [0.5, 0.6) is 0 Å². The number of halogens is 1. The molecule has 0 heterocycles. The van der Waals surface area contributed by atoms with E-state index in [1.807, 2.05) is 0 Å². The van der Waals surface area contributed by atoms with Gasteiger partial charge in [0.2, 0.25) is 0 Å². The van der Waals surface area contributed by atoms with Gasteiger partial charge in [0, 0.05) is 16.2 Å². The van der Waals surface area contributed by atoms with E-state index in [2.05, 4.69) is 35.8 Å². The fraction of sp³-hybridized carbons (Fsp3) is 0.286. The Kier molecular flexibility index (Phi) is 11.6. The molecule has 0 aliphatic rings. The highest BCUT2D eigenvalue weighted by Crippen LogP contribution is 1.94. The molecule has 0 N–H and O–H groups in total. The van der Waals surface area contributed by atoms with Crippen LogP contribution in [-0.2, 0) is 19.1 Å². The fourth-order valence-corrected chi connectivity index (χ4v) is 0.515. The minimum Gasteiger partial charge on any atom is -0.459 e. The molecule has 0 saturated heterocycles. The minimum atomic E-state index is -0.489. The Bertz CT molecular complexity index is 355. The highest BCUT2D eigenvalue weighted by Gasteiger charge is 2.05. The van der Waals surface area contributed by atoms with Gasteiger partial charge in [-0.1, -0.05) is 44.0 Å². The van der Waals surface area contributed by atoms with Gasteiger partial charge in [-0.2, -0.15) is 0 Å². The number of hydrogen-bond donors (Lipinski definition) is 0. The van der Waals surface area contributed by atoms with Crippen molar-refractivity contribution in [3.8, 4) is 0 Å². The predicted molar refractivity (Wildman–Crippen MR) is 76.7 cm³/mol. The molecule has 0 saturated carbocycles. The van der Waals surface area contributed by atoms with E-state index in [4.69, 9.17) is 11.6 Å². The van der Waals surface area contributed by atoms with E-state index >= 15 is 0 Å². The number of carbonyl (C=O) groups excluding carboxylic acids is 2. The van der Waals surface area contributed by atoms with Gasteiger partial charge in [0.1, 0.15) is 13.2 Å². The van der Waals surface area contributed by atoms with Crippen molar-refractivity contribution >= 4 is 23.5 Å². The molecular weight excluding hydrogens is 268 g/mol. The van der Waals surface area contributed by atoms with Crippen LogP contribution in [0.1, 0.15) is 13.8 Å². The third-order valence-corrected chi connectivity index (χ3v) is 1.62. The number of hydrogen-bond acceptors (Lipinski definition) is 4. The molecule has 0 aliphatic heterocycles. The first-order valence-corrected chi connectivity index (χ1v) is 5.72. The van der Waals surface area contributed by atoms with Crippen LogP contribution in [0.2, 0.25) is 0 Å². The van der Waals surface area contributed by atoms with Crippen LogP contribution in [0.4, 0.5) is 0 Å². The molecule has 4 nitrogen and oxygen atoms in total. The zero-order valence-electron chi connectivity index (χ0n) is 11.3. The summed E-state index contributed by atoms with van der Waals surface area (Å²) in [6.07, 6.45) is 1.49. The number of allylic oxidation sites excluding steroid dienone is 2. The van der Waals surface area contributed by atoms with Gasteiger partial charge >= 0.3 is 11.9 Å². The van der Waals surface area contributed by atoms with Gasteiger partial charge in [0.05, 0.1) is 0 Å². The van der Waals surface area contributed by atoms with E-state index in [0.717, 1.165) is 0 Å². The molecule has 0 fully saturated rings. The second kappa shape index (κ2) is 11.3. The summed E-state index contributed by atoms with van der Waals surface area (Å²) in [5.74, 6) is -0.979. The van der Waals surface area contributed by atoms with E-state index in [1.54, 1.807) is 13.8 Å². The van der Waals surface area contributed by atoms with Crippen LogP contribution in [0.25, 0.3) is 0 Å². The number of esters is 2. The Labute approximate surface area is 119 Å². The van der Waals surface area contributed by atoms with Crippen molar-refractivity contribution in [3.05, 3.63) is 48.6 Å². The molecular formula is C14H19ClO4. The van der Waals surface area contributed by atoms with Crippen molar-refractivity contribution < 1.29 is 19.1 Å². The summed E-state index contributed by atoms with van der Waals surface area (Å²) in [6.45, 7) is 16.6. The number of rotatable bonds is 6. The first-order valence-electron chi connectivity index (χ1n) is 5.34. The topological polar surface area (TPSA) is 52.6 Å². The third kappa shape index (κ3) is 14.1. The summed E-state index contributed by atoms with van der Waals surface area (Å²) in [7, 11) is 0. The Morgan fingerprint density at radius 1 is 1.00 bits per heavy atom. The average Bonchev–Trinajstić information content (AvgIpc) is 2.34. The lowest BCUT2D eigenvalue weighted by Gasteiger charge is -2.05. The summed E-state index contributed by atoms with van der Waals surface area (Å²) < 4.78 is 9.38. The van der Waals surface area contributed by atoms with Crippen molar-refractivity contribution in [1.82, 2.24) is 0 Å². The molecule has 0 aromatic heterocycles. The smallest absolute Gasteiger partial charge is 0.333 e. The molecule has 0 spiro atoms. The maximum Gasteiger partial charge on any atom is 0.333 e. The molecule has 0 atom stereocenters. The summed E-state index contributed by atoms with van der Waals surface area (Å²) in [4.78, 5) is 21.7. The lowest BCUT2D eigenvalue weighted by atomic mass is 10.4. The van der Waals surface area contributed by atoms with Crippen molar-refractivity contribution in [1.29, 1.82) is 0 Å². The number of carbonyl (C=O) groups is 2. The Morgan fingerprint density at radius 3 is 1.42 bits per heavy atom. The van der Waals surface area contributed by atoms with Crippen LogP contribution in [0.15, 0.2) is 48.6 Å². The van der Waals surface area contributed by atoms with Crippen molar-refractivity contribution in [2.45, 2.75) is 13.8 Å². The zero-order chi connectivity index (χ0) is 15.4. The maximum atomic E-state index is 10.8. The highest BCUT2D eigenvalue weighted by atomic mass is 35.5. The van der Waals surface area contributed by atoms with Gasteiger partial charge in [0.25, 0.3) is 0 Å². The fourth-order valence-electron chi connectivity index (χ4n) is 0.515. The molecule has 0 unspecified atom stereocenters. The lowest BCUT2D eigenvalue weighted by molar-refractivity contribution is -0.147. The van der Waals surface area contributed by atoms with Crippen molar-refractivity contribution in [2.75, 3.05) is 13.2 Å². The molecule has 19 heavy (non-hydrogen) atoms. The average molecular weight is 287 g/mol. The van der Waals surface area contributed by atoms with E-state index in [9.17, 15) is 9.59 Å². The van der Waals surface area contributed by atoms with Crippen molar-refractivity contribution in [3.63, 3.8) is 0 Å². The van der Waals surface area contributed by atoms with Gasteiger partial charge in [-0.05, 0) is 13.8 Å². The van der Waals surface area contributed by atoms with Crippen LogP contribution >= 0.6 is 11.6 Å². The standard InChI is InChI=1S/C10H14O4.C4H5Cl/c1-7(2)9(11)13-5-6-14-10(12)8(3)4;1-3-4(2)5/h1,3,5-6H2,2,4H3;3H,1-2H2. The van der Waals surface area contributed by atoms with Gasteiger partial charge in [-0.15, -0.1) is 0 Å². The molecule has 0 radical (unpaired) electrons. The zero-order valence-corrected chi connectivity index (χ0v) is 12.1. The van der Waals surface area contributed by atoms with Crippen molar-refractivity contribution in [2.24, 2.45) is 0 Å². The molecule has 0 bridgehead atoms. The maximum absolute atomic E-state index is 10.8. The molecule has 106 valence electrons. The van der Waals surface area contributed by atoms with Gasteiger partial charge in [-0.25, -0.2) is 9.59 Å². The molecule has 0 aromatic carbocycles. The highest BCUT2D eigenvalue weighted by molar-refractivity contribution is 6.30. The molecule has 0 aromatic rings. The van der Waals surface area contributed by atoms with Crippen LogP contribution < -0.4 is 0 Å². The molecule has 0 aliphatic carbocycles. The van der Waals surface area contributed by atoms with Gasteiger partial charge in [-0.3, -0.25) is 0 Å². The minimum absolute atomic E-state index is 0.0325. The summed E-state index contributed by atoms with van der Waals surface area (Å²) in [5, 5.41) is 0.491. The molecule has 5 heteroatoms. The second-order valence-corrected chi connectivity index (χ2v) is 3.97. The van der Waals surface area contributed by atoms with E-state index < -0.39 is 11.9 Å². The summed E-state index contributed by atoms with van der Waals surface area (Å²) in [6, 6.07) is 0. The SMILES string of the molecule is C=C(C)C(=O)OCCOC(=O)C(=C)C.C=CC(=C)Cl. The Hall–Kier alpha value is -1.81. The van der Waals surface area contributed by atoms with E-state index in [-0.39, 0.29) is 13.2 Å². The van der Waals surface area contributed by atoms with Gasteiger partial charge < -0.3 is 9.47 Å². The number of ether oxygens (including phenoxy) is 2. The van der Waals surface area contributed by atoms with Crippen LogP contribution in [0.3, 0.4) is 0 Å².